The Hall–Kier alpha value is -1.72. The van der Waals surface area contributed by atoms with Crippen molar-refractivity contribution in [2.45, 2.75) is 0 Å². The van der Waals surface area contributed by atoms with Crippen molar-refractivity contribution in [3.63, 3.8) is 0 Å². The number of nitrogens with one attached hydrogen (secondary N) is 1. The van der Waals surface area contributed by atoms with E-state index in [1.54, 1.807) is 18.2 Å². The highest BCUT2D eigenvalue weighted by Gasteiger charge is 2.10. The van der Waals surface area contributed by atoms with Gasteiger partial charge in [0, 0.05) is 5.02 Å². The van der Waals surface area contributed by atoms with Crippen molar-refractivity contribution in [1.29, 1.82) is 0 Å². The van der Waals surface area contributed by atoms with Crippen LogP contribution in [0.2, 0.25) is 10.0 Å². The van der Waals surface area contributed by atoms with E-state index in [9.17, 15) is 0 Å². The minimum absolute atomic E-state index is 0.303. The predicted octanol–water partition coefficient (Wildman–Crippen LogP) is 3.12. The third-order valence-electron chi connectivity index (χ3n) is 2.22. The summed E-state index contributed by atoms with van der Waals surface area (Å²) < 4.78 is 5.00. The number of aromatic nitrogens is 2. The Kier molecular flexibility index (Phi) is 3.74. The van der Waals surface area contributed by atoms with Crippen molar-refractivity contribution in [3.05, 3.63) is 34.6 Å². The van der Waals surface area contributed by atoms with Crippen LogP contribution in [0.1, 0.15) is 0 Å². The first-order valence-corrected chi connectivity index (χ1v) is 5.74. The van der Waals surface area contributed by atoms with Crippen LogP contribution in [0.15, 0.2) is 24.5 Å². The Morgan fingerprint density at radius 3 is 2.72 bits per heavy atom. The molecule has 0 bridgehead atoms. The fourth-order valence-corrected chi connectivity index (χ4v) is 1.82. The summed E-state index contributed by atoms with van der Waals surface area (Å²) in [5.41, 5.74) is 6.80. The summed E-state index contributed by atoms with van der Waals surface area (Å²) >= 11 is 11.9. The number of nitrogen functional groups attached to an aromatic ring is 1. The zero-order chi connectivity index (χ0) is 13.1. The molecule has 0 unspecified atom stereocenters. The van der Waals surface area contributed by atoms with E-state index in [-0.39, 0.29) is 0 Å². The number of halogens is 2. The Morgan fingerprint density at radius 2 is 2.06 bits per heavy atom. The lowest BCUT2D eigenvalue weighted by atomic mass is 10.3. The molecule has 0 amide bonds. The smallest absolute Gasteiger partial charge is 0.242 e. The largest absolute Gasteiger partial charge is 0.479 e. The maximum atomic E-state index is 6.04. The standard InChI is InChI=1S/C11H10Cl2N4O/c1-18-11-9(14)10(15-5-16-11)17-8-3-2-6(12)4-7(8)13/h2-5H,14H2,1H3,(H,15,16,17). The van der Waals surface area contributed by atoms with Crippen molar-refractivity contribution < 1.29 is 4.74 Å². The van der Waals surface area contributed by atoms with Crippen LogP contribution >= 0.6 is 23.2 Å². The maximum absolute atomic E-state index is 6.04. The average Bonchev–Trinajstić information content (AvgIpc) is 2.35. The van der Waals surface area contributed by atoms with Gasteiger partial charge in [0.25, 0.3) is 0 Å². The predicted molar refractivity (Wildman–Crippen MR) is 72.7 cm³/mol. The second-order valence-corrected chi connectivity index (χ2v) is 4.24. The van der Waals surface area contributed by atoms with E-state index < -0.39 is 0 Å². The third kappa shape index (κ3) is 2.57. The molecule has 5 nitrogen and oxygen atoms in total. The van der Waals surface area contributed by atoms with Crippen molar-refractivity contribution in [2.75, 3.05) is 18.2 Å². The third-order valence-corrected chi connectivity index (χ3v) is 2.77. The summed E-state index contributed by atoms with van der Waals surface area (Å²) in [5.74, 6) is 0.726. The van der Waals surface area contributed by atoms with Crippen LogP contribution in [0, 0.1) is 0 Å². The van der Waals surface area contributed by atoms with Crippen LogP contribution in [0.5, 0.6) is 5.88 Å². The van der Waals surface area contributed by atoms with Crippen molar-refractivity contribution >= 4 is 40.4 Å². The van der Waals surface area contributed by atoms with Gasteiger partial charge < -0.3 is 15.8 Å². The minimum atomic E-state index is 0.303. The Balaban J connectivity index is 2.34. The van der Waals surface area contributed by atoms with Crippen LogP contribution in [-0.2, 0) is 0 Å². The zero-order valence-corrected chi connectivity index (χ0v) is 11.0. The summed E-state index contributed by atoms with van der Waals surface area (Å²) in [6, 6.07) is 5.07. The van der Waals surface area contributed by atoms with E-state index in [1.165, 1.54) is 13.4 Å². The van der Waals surface area contributed by atoms with Crippen molar-refractivity contribution in [2.24, 2.45) is 0 Å². The van der Waals surface area contributed by atoms with Gasteiger partial charge in [-0.3, -0.25) is 0 Å². The zero-order valence-electron chi connectivity index (χ0n) is 9.45. The van der Waals surface area contributed by atoms with Crippen LogP contribution in [0.25, 0.3) is 0 Å². The van der Waals surface area contributed by atoms with Gasteiger partial charge in [-0.05, 0) is 18.2 Å². The first-order chi connectivity index (χ1) is 8.61. The van der Waals surface area contributed by atoms with Gasteiger partial charge in [-0.2, -0.15) is 4.98 Å². The average molecular weight is 285 g/mol. The van der Waals surface area contributed by atoms with Crippen LogP contribution in [-0.4, -0.2) is 17.1 Å². The van der Waals surface area contributed by atoms with Gasteiger partial charge in [0.1, 0.15) is 12.0 Å². The number of methoxy groups -OCH3 is 1. The summed E-state index contributed by atoms with van der Waals surface area (Å²) in [6.07, 6.45) is 1.35. The lowest BCUT2D eigenvalue weighted by molar-refractivity contribution is 0.399. The fraction of sp³-hybridized carbons (Fsp3) is 0.0909. The normalized spacial score (nSPS) is 10.2. The summed E-state index contributed by atoms with van der Waals surface area (Å²) in [7, 11) is 1.48. The van der Waals surface area contributed by atoms with Gasteiger partial charge in [0.15, 0.2) is 5.82 Å². The molecule has 0 fully saturated rings. The molecule has 0 aliphatic heterocycles. The van der Waals surface area contributed by atoms with Crippen molar-refractivity contribution in [3.8, 4) is 5.88 Å². The molecule has 0 spiro atoms. The molecule has 0 saturated heterocycles. The molecule has 0 saturated carbocycles. The van der Waals surface area contributed by atoms with E-state index >= 15 is 0 Å². The van der Waals surface area contributed by atoms with Gasteiger partial charge in [-0.25, -0.2) is 4.98 Å². The lowest BCUT2D eigenvalue weighted by Crippen LogP contribution is -2.03. The number of nitrogens with two attached hydrogens (primary N) is 1. The van der Waals surface area contributed by atoms with Gasteiger partial charge in [0.05, 0.1) is 17.8 Å². The molecule has 1 aromatic carbocycles. The number of benzene rings is 1. The molecule has 1 aromatic heterocycles. The van der Waals surface area contributed by atoms with Gasteiger partial charge >= 0.3 is 0 Å². The quantitative estimate of drug-likeness (QED) is 0.906. The monoisotopic (exact) mass is 284 g/mol. The molecule has 94 valence electrons. The number of rotatable bonds is 3. The number of anilines is 3. The van der Waals surface area contributed by atoms with E-state index in [0.29, 0.717) is 33.1 Å². The molecule has 2 rings (SSSR count). The summed E-state index contributed by atoms with van der Waals surface area (Å²) in [5, 5.41) is 4.02. The van der Waals surface area contributed by atoms with E-state index in [2.05, 4.69) is 15.3 Å². The molecule has 0 aliphatic rings. The minimum Gasteiger partial charge on any atom is -0.479 e. The molecule has 0 aliphatic carbocycles. The number of ether oxygens (including phenoxy) is 1. The lowest BCUT2D eigenvalue weighted by Gasteiger charge is -2.11. The van der Waals surface area contributed by atoms with Crippen LogP contribution < -0.4 is 15.8 Å². The van der Waals surface area contributed by atoms with Gasteiger partial charge in [0.2, 0.25) is 5.88 Å². The van der Waals surface area contributed by atoms with Crippen LogP contribution in [0.4, 0.5) is 17.2 Å². The second-order valence-electron chi connectivity index (χ2n) is 3.39. The van der Waals surface area contributed by atoms with Crippen LogP contribution in [0.3, 0.4) is 0 Å². The Labute approximate surface area is 114 Å². The molecule has 0 atom stereocenters. The molecule has 0 radical (unpaired) electrons. The molecular weight excluding hydrogens is 275 g/mol. The molecular formula is C11H10Cl2N4O. The number of nitrogens with zero attached hydrogens (tertiary/aromatic N) is 2. The molecule has 3 N–H and O–H groups in total. The fourth-order valence-electron chi connectivity index (χ4n) is 1.36. The molecule has 1 heterocycles. The highest BCUT2D eigenvalue weighted by molar-refractivity contribution is 6.36. The van der Waals surface area contributed by atoms with Gasteiger partial charge in [-0.15, -0.1) is 0 Å². The molecule has 7 heteroatoms. The van der Waals surface area contributed by atoms with E-state index in [4.69, 9.17) is 33.7 Å². The molecule has 18 heavy (non-hydrogen) atoms. The van der Waals surface area contributed by atoms with E-state index in [0.717, 1.165) is 0 Å². The second kappa shape index (κ2) is 5.29. The SMILES string of the molecule is COc1ncnc(Nc2ccc(Cl)cc2Cl)c1N. The van der Waals surface area contributed by atoms with Gasteiger partial charge in [-0.1, -0.05) is 23.2 Å². The highest BCUT2D eigenvalue weighted by Crippen LogP contribution is 2.31. The molecule has 2 aromatic rings. The van der Waals surface area contributed by atoms with Crippen molar-refractivity contribution in [1.82, 2.24) is 9.97 Å². The topological polar surface area (TPSA) is 73.1 Å². The highest BCUT2D eigenvalue weighted by atomic mass is 35.5. The number of hydrogen-bond donors (Lipinski definition) is 2. The first-order valence-electron chi connectivity index (χ1n) is 4.98. The number of hydrogen-bond acceptors (Lipinski definition) is 5. The Morgan fingerprint density at radius 1 is 1.28 bits per heavy atom. The summed E-state index contributed by atoms with van der Waals surface area (Å²) in [6.45, 7) is 0. The first kappa shape index (κ1) is 12.7. The Bertz CT molecular complexity index is 577. The maximum Gasteiger partial charge on any atom is 0.242 e. The van der Waals surface area contributed by atoms with E-state index in [1.807, 2.05) is 0 Å². The summed E-state index contributed by atoms with van der Waals surface area (Å²) in [4.78, 5) is 7.91.